The molecule has 1 aliphatic carbocycles. The van der Waals surface area contributed by atoms with E-state index in [0.29, 0.717) is 12.6 Å². The first kappa shape index (κ1) is 12.2. The standard InChI is InChI=1S/C14H15BrN4O/c15-10-7-12(19(8-10)11-1-2-11)14(20)18-6-5-17-4-3-16-13(17)9-18/h3-4,7-8,11H,1-2,5-6,9H2. The van der Waals surface area contributed by atoms with Crippen molar-refractivity contribution in [2.75, 3.05) is 6.54 Å². The molecule has 0 spiro atoms. The summed E-state index contributed by atoms with van der Waals surface area (Å²) in [6, 6.07) is 2.44. The molecule has 3 heterocycles. The summed E-state index contributed by atoms with van der Waals surface area (Å²) in [5.74, 6) is 1.07. The molecule has 20 heavy (non-hydrogen) atoms. The van der Waals surface area contributed by atoms with Crippen molar-refractivity contribution < 1.29 is 4.79 Å². The van der Waals surface area contributed by atoms with E-state index < -0.39 is 0 Å². The maximum Gasteiger partial charge on any atom is 0.270 e. The molecule has 1 aliphatic heterocycles. The highest BCUT2D eigenvalue weighted by molar-refractivity contribution is 9.10. The number of amides is 1. The van der Waals surface area contributed by atoms with Gasteiger partial charge in [-0.3, -0.25) is 4.79 Å². The van der Waals surface area contributed by atoms with Gasteiger partial charge >= 0.3 is 0 Å². The first-order valence-corrected chi connectivity index (χ1v) is 7.68. The maximum absolute atomic E-state index is 12.7. The van der Waals surface area contributed by atoms with Crippen molar-refractivity contribution in [2.24, 2.45) is 0 Å². The molecule has 0 aromatic carbocycles. The number of rotatable bonds is 2. The molecule has 6 heteroatoms. The second kappa shape index (κ2) is 4.48. The number of carbonyl (C=O) groups is 1. The molecule has 104 valence electrons. The summed E-state index contributed by atoms with van der Waals surface area (Å²) < 4.78 is 5.21. The fourth-order valence-corrected chi connectivity index (χ4v) is 3.22. The predicted molar refractivity (Wildman–Crippen MR) is 77.4 cm³/mol. The van der Waals surface area contributed by atoms with Gasteiger partial charge in [0.25, 0.3) is 5.91 Å². The molecule has 2 aromatic heterocycles. The fourth-order valence-electron chi connectivity index (χ4n) is 2.78. The van der Waals surface area contributed by atoms with Crippen LogP contribution in [0.25, 0.3) is 0 Å². The molecule has 0 atom stereocenters. The fraction of sp³-hybridized carbons (Fsp3) is 0.429. The quantitative estimate of drug-likeness (QED) is 0.846. The number of halogens is 1. The maximum atomic E-state index is 12.7. The van der Waals surface area contributed by atoms with E-state index in [1.165, 1.54) is 12.8 Å². The van der Waals surface area contributed by atoms with Crippen LogP contribution in [-0.2, 0) is 13.1 Å². The number of imidazole rings is 1. The van der Waals surface area contributed by atoms with Gasteiger partial charge in [-0.2, -0.15) is 0 Å². The highest BCUT2D eigenvalue weighted by Gasteiger charge is 2.30. The molecule has 2 aliphatic rings. The molecule has 4 rings (SSSR count). The minimum atomic E-state index is 0.108. The van der Waals surface area contributed by atoms with Crippen molar-refractivity contribution in [3.8, 4) is 0 Å². The Morgan fingerprint density at radius 1 is 1.35 bits per heavy atom. The molecule has 1 amide bonds. The number of aromatic nitrogens is 3. The van der Waals surface area contributed by atoms with Crippen molar-refractivity contribution >= 4 is 21.8 Å². The first-order valence-electron chi connectivity index (χ1n) is 6.89. The molecular formula is C14H15BrN4O. The lowest BCUT2D eigenvalue weighted by Crippen LogP contribution is -2.39. The molecule has 0 N–H and O–H groups in total. The van der Waals surface area contributed by atoms with E-state index in [2.05, 4.69) is 30.0 Å². The third kappa shape index (κ3) is 1.98. The smallest absolute Gasteiger partial charge is 0.270 e. The minimum Gasteiger partial charge on any atom is -0.339 e. The van der Waals surface area contributed by atoms with Crippen LogP contribution in [-0.4, -0.2) is 31.5 Å². The molecule has 1 fully saturated rings. The Bertz CT molecular complexity index is 671. The topological polar surface area (TPSA) is 43.1 Å². The van der Waals surface area contributed by atoms with Crippen LogP contribution in [0, 0.1) is 0 Å². The summed E-state index contributed by atoms with van der Waals surface area (Å²) in [7, 11) is 0. The Hall–Kier alpha value is -1.56. The highest BCUT2D eigenvalue weighted by Crippen LogP contribution is 2.37. The molecular weight excluding hydrogens is 320 g/mol. The van der Waals surface area contributed by atoms with E-state index in [9.17, 15) is 4.79 Å². The van der Waals surface area contributed by atoms with Crippen LogP contribution in [0.5, 0.6) is 0 Å². The normalized spacial score (nSPS) is 18.1. The van der Waals surface area contributed by atoms with Crippen LogP contribution >= 0.6 is 15.9 Å². The van der Waals surface area contributed by atoms with Crippen molar-refractivity contribution in [1.29, 1.82) is 0 Å². The summed E-state index contributed by atoms with van der Waals surface area (Å²) in [5, 5.41) is 0. The Balaban J connectivity index is 1.62. The van der Waals surface area contributed by atoms with Gasteiger partial charge in [0.2, 0.25) is 0 Å². The van der Waals surface area contributed by atoms with Crippen LogP contribution in [0.4, 0.5) is 0 Å². The Labute approximate surface area is 125 Å². The minimum absolute atomic E-state index is 0.108. The Morgan fingerprint density at radius 3 is 3.00 bits per heavy atom. The van der Waals surface area contributed by atoms with Crippen molar-refractivity contribution in [1.82, 2.24) is 19.0 Å². The molecule has 1 saturated carbocycles. The third-order valence-electron chi connectivity index (χ3n) is 4.01. The average Bonchev–Trinajstić information content (AvgIpc) is 3.06. The molecule has 5 nitrogen and oxygen atoms in total. The summed E-state index contributed by atoms with van der Waals surface area (Å²) in [5.41, 5.74) is 0.791. The van der Waals surface area contributed by atoms with E-state index >= 15 is 0 Å². The summed E-state index contributed by atoms with van der Waals surface area (Å²) in [6.07, 6.45) is 8.14. The molecule has 0 unspecified atom stereocenters. The third-order valence-corrected chi connectivity index (χ3v) is 4.44. The summed E-state index contributed by atoms with van der Waals surface area (Å²) in [4.78, 5) is 18.9. The summed E-state index contributed by atoms with van der Waals surface area (Å²) in [6.45, 7) is 2.17. The number of hydrogen-bond acceptors (Lipinski definition) is 2. The number of carbonyl (C=O) groups excluding carboxylic acids is 1. The lowest BCUT2D eigenvalue weighted by Gasteiger charge is -2.28. The van der Waals surface area contributed by atoms with Gasteiger partial charge in [0.15, 0.2) is 0 Å². The van der Waals surface area contributed by atoms with Crippen molar-refractivity contribution in [2.45, 2.75) is 32.0 Å². The van der Waals surface area contributed by atoms with Crippen LogP contribution < -0.4 is 0 Å². The lowest BCUT2D eigenvalue weighted by molar-refractivity contribution is 0.0696. The van der Waals surface area contributed by atoms with E-state index in [1.807, 2.05) is 23.4 Å². The van der Waals surface area contributed by atoms with Gasteiger partial charge in [0.1, 0.15) is 11.5 Å². The van der Waals surface area contributed by atoms with E-state index in [-0.39, 0.29) is 5.91 Å². The lowest BCUT2D eigenvalue weighted by atomic mass is 10.3. The first-order chi connectivity index (χ1) is 9.72. The average molecular weight is 335 g/mol. The van der Waals surface area contributed by atoms with Gasteiger partial charge in [-0.25, -0.2) is 4.98 Å². The van der Waals surface area contributed by atoms with Crippen molar-refractivity contribution in [3.63, 3.8) is 0 Å². The SMILES string of the molecule is O=C(c1cc(Br)cn1C1CC1)N1CCn2ccnc2C1. The van der Waals surface area contributed by atoms with Crippen molar-refractivity contribution in [3.05, 3.63) is 40.6 Å². The summed E-state index contributed by atoms with van der Waals surface area (Å²) >= 11 is 3.48. The van der Waals surface area contributed by atoms with Crippen LogP contribution in [0.3, 0.4) is 0 Å². The van der Waals surface area contributed by atoms with E-state index in [1.54, 1.807) is 6.20 Å². The molecule has 0 bridgehead atoms. The second-order valence-corrected chi connectivity index (χ2v) is 6.36. The zero-order chi connectivity index (χ0) is 13.7. The van der Waals surface area contributed by atoms with Gasteiger partial charge < -0.3 is 14.0 Å². The Morgan fingerprint density at radius 2 is 2.20 bits per heavy atom. The van der Waals surface area contributed by atoms with Crippen LogP contribution in [0.2, 0.25) is 0 Å². The predicted octanol–water partition coefficient (Wildman–Crippen LogP) is 2.44. The molecule has 0 saturated heterocycles. The van der Waals surface area contributed by atoms with Gasteiger partial charge in [-0.05, 0) is 34.8 Å². The van der Waals surface area contributed by atoms with Gasteiger partial charge in [-0.15, -0.1) is 0 Å². The molecule has 0 radical (unpaired) electrons. The zero-order valence-electron chi connectivity index (χ0n) is 11.0. The van der Waals surface area contributed by atoms with E-state index in [0.717, 1.165) is 29.1 Å². The van der Waals surface area contributed by atoms with Crippen LogP contribution in [0.1, 0.15) is 35.2 Å². The van der Waals surface area contributed by atoms with E-state index in [4.69, 9.17) is 0 Å². The van der Waals surface area contributed by atoms with Crippen LogP contribution in [0.15, 0.2) is 29.1 Å². The number of hydrogen-bond donors (Lipinski definition) is 0. The van der Waals surface area contributed by atoms with Gasteiger partial charge in [0.05, 0.1) is 6.54 Å². The number of nitrogens with zero attached hydrogens (tertiary/aromatic N) is 4. The monoisotopic (exact) mass is 334 g/mol. The second-order valence-electron chi connectivity index (χ2n) is 5.45. The largest absolute Gasteiger partial charge is 0.339 e. The Kier molecular flexibility index (Phi) is 2.73. The van der Waals surface area contributed by atoms with Gasteiger partial charge in [0, 0.05) is 42.2 Å². The van der Waals surface area contributed by atoms with Gasteiger partial charge in [-0.1, -0.05) is 0 Å². The highest BCUT2D eigenvalue weighted by atomic mass is 79.9. The number of fused-ring (bicyclic) bond motifs is 1. The molecule has 2 aromatic rings. The zero-order valence-corrected chi connectivity index (χ0v) is 12.6.